The number of carbonyl (C=O) groups is 3. The molecule has 18 heteroatoms. The molecule has 54 heavy (non-hydrogen) atoms. The number of ketones is 1. The molecule has 0 saturated carbocycles. The summed E-state index contributed by atoms with van der Waals surface area (Å²) in [4.78, 5) is 46.6. The molecule has 12 nitrogen and oxygen atoms in total. The van der Waals surface area contributed by atoms with Crippen LogP contribution in [-0.4, -0.2) is 100 Å². The Morgan fingerprint density at radius 1 is 0.574 bits per heavy atom. The maximum Gasteiger partial charge on any atom is 0.333 e. The fourth-order valence-corrected chi connectivity index (χ4v) is 30.2. The molecule has 0 aliphatic carbocycles. The highest BCUT2D eigenvalue weighted by Crippen LogP contribution is 2.27. The van der Waals surface area contributed by atoms with Crippen LogP contribution in [0.25, 0.3) is 0 Å². The SMILES string of the molecule is C=C(C)C(=O)OCCCC(=O)CCCC[Si](C)(O[Si](C)(C)C)O[Si](C)(C)C.C=C(C)C(=O)OCCN=C=O.C[Si](C)(C)O[Si](C)(CCCN)O[Si](C)(C)C. The van der Waals surface area contributed by atoms with Crippen molar-refractivity contribution in [2.24, 2.45) is 10.7 Å². The van der Waals surface area contributed by atoms with Crippen LogP contribution in [0, 0.1) is 0 Å². The number of aliphatic imine (C=N–C) groups is 1. The minimum absolute atomic E-state index is 0.0981. The molecule has 0 bridgehead atoms. The maximum absolute atomic E-state index is 12.0. The summed E-state index contributed by atoms with van der Waals surface area (Å²) in [5, 5.41) is 0. The van der Waals surface area contributed by atoms with E-state index in [4.69, 9.17) is 26.9 Å². The normalized spacial score (nSPS) is 12.2. The summed E-state index contributed by atoms with van der Waals surface area (Å²) in [7, 11) is -10.6. The van der Waals surface area contributed by atoms with E-state index in [0.29, 0.717) is 30.4 Å². The molecule has 0 aliphatic heterocycles. The fraction of sp³-hybridized carbons (Fsp3) is 0.778. The quantitative estimate of drug-likeness (QED) is 0.0233. The van der Waals surface area contributed by atoms with Gasteiger partial charge in [0.2, 0.25) is 6.08 Å². The zero-order valence-electron chi connectivity index (χ0n) is 37.0. The van der Waals surface area contributed by atoms with Crippen molar-refractivity contribution in [3.05, 3.63) is 24.3 Å². The second-order valence-corrected chi connectivity index (χ2v) is 43.4. The van der Waals surface area contributed by atoms with Crippen LogP contribution in [0.15, 0.2) is 29.3 Å². The number of unbranched alkanes of at least 4 members (excludes halogenated alkanes) is 1. The number of hydrogen-bond acceptors (Lipinski definition) is 12. The van der Waals surface area contributed by atoms with Crippen LogP contribution in [0.1, 0.15) is 52.4 Å². The summed E-state index contributed by atoms with van der Waals surface area (Å²) in [6, 6.07) is 1.96. The average molecular weight is 868 g/mol. The second kappa shape index (κ2) is 27.2. The van der Waals surface area contributed by atoms with Crippen molar-refractivity contribution in [2.75, 3.05) is 26.3 Å². The van der Waals surface area contributed by atoms with Gasteiger partial charge in [0.15, 0.2) is 33.3 Å². The van der Waals surface area contributed by atoms with Crippen molar-refractivity contribution in [2.45, 2.75) is 156 Å². The molecule has 0 spiro atoms. The van der Waals surface area contributed by atoms with Gasteiger partial charge in [-0.05, 0) is 143 Å². The van der Waals surface area contributed by atoms with Crippen LogP contribution < -0.4 is 5.73 Å². The molecular formula is C36H78N2O10Si6. The van der Waals surface area contributed by atoms with Crippen LogP contribution in [0.5, 0.6) is 0 Å². The zero-order valence-corrected chi connectivity index (χ0v) is 43.0. The Morgan fingerprint density at radius 3 is 1.26 bits per heavy atom. The third-order valence-corrected chi connectivity index (χ3v) is 25.5. The number of nitrogens with two attached hydrogens (primary N) is 1. The number of hydrogen-bond donors (Lipinski definition) is 1. The zero-order chi connectivity index (χ0) is 43.0. The summed E-state index contributed by atoms with van der Waals surface area (Å²) >= 11 is 0. The molecular weight excluding hydrogens is 789 g/mol. The van der Waals surface area contributed by atoms with Crippen LogP contribution in [0.4, 0.5) is 0 Å². The van der Waals surface area contributed by atoms with Gasteiger partial charge in [0.1, 0.15) is 12.4 Å². The Morgan fingerprint density at radius 2 is 0.926 bits per heavy atom. The van der Waals surface area contributed by atoms with Crippen molar-refractivity contribution in [3.8, 4) is 0 Å². The molecule has 0 amide bonds. The molecule has 0 aliphatic rings. The van der Waals surface area contributed by atoms with Crippen molar-refractivity contribution < 1.29 is 45.1 Å². The minimum Gasteiger partial charge on any atom is -0.462 e. The Balaban J connectivity index is -0.000000811. The summed E-state index contributed by atoms with van der Waals surface area (Å²) in [6.07, 6.45) is 5.75. The van der Waals surface area contributed by atoms with E-state index in [1.54, 1.807) is 13.8 Å². The van der Waals surface area contributed by atoms with Gasteiger partial charge in [-0.15, -0.1) is 0 Å². The molecule has 0 heterocycles. The second-order valence-electron chi connectivity index (χ2n) is 17.7. The van der Waals surface area contributed by atoms with Gasteiger partial charge in [-0.3, -0.25) is 4.79 Å². The lowest BCUT2D eigenvalue weighted by Crippen LogP contribution is -2.52. The van der Waals surface area contributed by atoms with Crippen LogP contribution >= 0.6 is 0 Å². The van der Waals surface area contributed by atoms with E-state index < -0.39 is 62.3 Å². The van der Waals surface area contributed by atoms with E-state index in [-0.39, 0.29) is 25.5 Å². The molecule has 316 valence electrons. The number of carbonyl (C=O) groups excluding carboxylic acids is 4. The molecule has 0 aromatic rings. The van der Waals surface area contributed by atoms with Gasteiger partial charge in [-0.1, -0.05) is 19.6 Å². The maximum atomic E-state index is 12.0. The fourth-order valence-electron chi connectivity index (χ4n) is 5.06. The van der Waals surface area contributed by atoms with E-state index in [1.165, 1.54) is 6.08 Å². The van der Waals surface area contributed by atoms with E-state index in [1.807, 2.05) is 0 Å². The van der Waals surface area contributed by atoms with Crippen molar-refractivity contribution >= 4 is 74.2 Å². The van der Waals surface area contributed by atoms with E-state index in [0.717, 1.165) is 37.9 Å². The summed E-state index contributed by atoms with van der Waals surface area (Å²) < 4.78 is 35.2. The Bertz CT molecular complexity index is 1170. The molecule has 0 aromatic heterocycles. The highest BCUT2D eigenvalue weighted by atomic mass is 28.5. The molecule has 2 N–H and O–H groups in total. The van der Waals surface area contributed by atoms with E-state index in [9.17, 15) is 19.2 Å². The topological polar surface area (TPSA) is 162 Å². The molecule has 0 radical (unpaired) electrons. The van der Waals surface area contributed by atoms with Gasteiger partial charge in [-0.25, -0.2) is 19.4 Å². The molecule has 0 fully saturated rings. The monoisotopic (exact) mass is 866 g/mol. The third-order valence-electron chi connectivity index (χ3n) is 6.29. The van der Waals surface area contributed by atoms with Gasteiger partial charge < -0.3 is 31.7 Å². The minimum atomic E-state index is -2.20. The molecule has 0 aromatic carbocycles. The van der Waals surface area contributed by atoms with Crippen molar-refractivity contribution in [1.29, 1.82) is 0 Å². The molecule has 0 rings (SSSR count). The number of isocyanates is 1. The smallest absolute Gasteiger partial charge is 0.333 e. The highest BCUT2D eigenvalue weighted by Gasteiger charge is 2.40. The number of ether oxygens (including phenoxy) is 2. The third kappa shape index (κ3) is 38.8. The lowest BCUT2D eigenvalue weighted by Gasteiger charge is -2.38. The highest BCUT2D eigenvalue weighted by molar-refractivity contribution is 6.88. The van der Waals surface area contributed by atoms with Crippen LogP contribution in [0.3, 0.4) is 0 Å². The van der Waals surface area contributed by atoms with Crippen molar-refractivity contribution in [3.63, 3.8) is 0 Å². The predicted octanol–water partition coefficient (Wildman–Crippen LogP) is 8.95. The van der Waals surface area contributed by atoms with Crippen LogP contribution in [-0.2, 0) is 45.1 Å². The molecule has 0 saturated heterocycles. The van der Waals surface area contributed by atoms with E-state index in [2.05, 4.69) is 115 Å². The number of Topliss-reactive ketones (excluding diaryl/α,β-unsaturated/α-hetero) is 1. The first kappa shape index (κ1) is 56.9. The number of nitrogens with zero attached hydrogens (tertiary/aromatic N) is 1. The lowest BCUT2D eigenvalue weighted by atomic mass is 10.1. The lowest BCUT2D eigenvalue weighted by molar-refractivity contribution is -0.139. The summed E-state index contributed by atoms with van der Waals surface area (Å²) in [5.74, 6) is -0.635. The Kier molecular flexibility index (Phi) is 28.7. The van der Waals surface area contributed by atoms with Crippen molar-refractivity contribution in [1.82, 2.24) is 0 Å². The van der Waals surface area contributed by atoms with Crippen LogP contribution in [0.2, 0.25) is 104 Å². The summed E-state index contributed by atoms with van der Waals surface area (Å²) in [6.45, 7) is 42.3. The molecule has 0 atom stereocenters. The largest absolute Gasteiger partial charge is 0.462 e. The molecule has 0 unspecified atom stereocenters. The Labute approximate surface area is 335 Å². The van der Waals surface area contributed by atoms with Gasteiger partial charge >= 0.3 is 29.1 Å². The van der Waals surface area contributed by atoms with Gasteiger partial charge in [0, 0.05) is 24.0 Å². The number of esters is 2. The first-order valence-electron chi connectivity index (χ1n) is 19.0. The van der Waals surface area contributed by atoms with Gasteiger partial charge in [0.05, 0.1) is 13.2 Å². The van der Waals surface area contributed by atoms with E-state index >= 15 is 0 Å². The average Bonchev–Trinajstić information content (AvgIpc) is 2.95. The van der Waals surface area contributed by atoms with Gasteiger partial charge in [-0.2, -0.15) is 0 Å². The predicted molar refractivity (Wildman–Crippen MR) is 237 cm³/mol. The number of rotatable bonds is 25. The summed E-state index contributed by atoms with van der Waals surface area (Å²) in [5.41, 5.74) is 6.31. The first-order valence-corrected chi connectivity index (χ1v) is 37.7. The Hall–Kier alpha value is -1.43. The first-order chi connectivity index (χ1) is 24.3. The van der Waals surface area contributed by atoms with Gasteiger partial charge in [0.25, 0.3) is 0 Å². The standard InChI is InChI=1S/C19H40O5Si3.C10H29NO2Si3.C7H9NO3/c1-17(2)19(21)22-15-12-14-18(20)13-10-11-16-27(9,23-25(3,4)5)24-26(6,7)8;1-14(2,3)12-16(7,10-8-9-11)13-15(4,5)6;1-6(2)7(10)11-4-3-8-5-9/h1,10-16H2,2-9H3;8-11H2,1-7H3;1,3-4H2,2H3.